The first kappa shape index (κ1) is 18.1. The number of benzene rings is 2. The first-order valence-corrected chi connectivity index (χ1v) is 9.23. The molecule has 3 rings (SSSR count). The summed E-state index contributed by atoms with van der Waals surface area (Å²) < 4.78 is 47.5. The summed E-state index contributed by atoms with van der Waals surface area (Å²) in [6, 6.07) is 7.55. The number of nitrogens with zero attached hydrogens (tertiary/aromatic N) is 1. The van der Waals surface area contributed by atoms with E-state index < -0.39 is 22.0 Å². The molecule has 0 aliphatic rings. The molecule has 1 aromatic heterocycles. The quantitative estimate of drug-likeness (QED) is 0.597. The van der Waals surface area contributed by atoms with Crippen LogP contribution in [-0.4, -0.2) is 31.6 Å². The fraction of sp³-hybridized carbons (Fsp3) is 0.0667. The lowest BCUT2D eigenvalue weighted by Crippen LogP contribution is -2.11. The van der Waals surface area contributed by atoms with Crippen molar-refractivity contribution in [1.82, 2.24) is 9.97 Å². The third-order valence-electron chi connectivity index (χ3n) is 3.25. The summed E-state index contributed by atoms with van der Waals surface area (Å²) in [5.41, 5.74) is 0.912. The van der Waals surface area contributed by atoms with Crippen LogP contribution in [0.5, 0.6) is 5.75 Å². The second kappa shape index (κ2) is 6.92. The number of imidazole rings is 1. The van der Waals surface area contributed by atoms with E-state index in [1.807, 2.05) is 0 Å². The molecule has 0 radical (unpaired) electrons. The predicted molar refractivity (Wildman–Crippen MR) is 94.0 cm³/mol. The number of carbonyl (C=O) groups is 1. The van der Waals surface area contributed by atoms with Gasteiger partial charge in [0.25, 0.3) is 0 Å². The van der Waals surface area contributed by atoms with Gasteiger partial charge in [-0.25, -0.2) is 14.2 Å². The Bertz CT molecular complexity index is 1100. The molecule has 0 fully saturated rings. The predicted octanol–water partition coefficient (Wildman–Crippen LogP) is 3.41. The molecule has 8 nitrogen and oxygen atoms in total. The minimum Gasteiger partial charge on any atom is -0.453 e. The van der Waals surface area contributed by atoms with E-state index in [0.717, 1.165) is 18.2 Å². The van der Waals surface area contributed by atoms with Crippen LogP contribution in [-0.2, 0) is 14.9 Å². The molecule has 11 heteroatoms. The molecular weight excluding hydrogens is 433 g/mol. The van der Waals surface area contributed by atoms with Crippen molar-refractivity contribution in [3.8, 4) is 5.75 Å². The molecule has 0 saturated carbocycles. The summed E-state index contributed by atoms with van der Waals surface area (Å²) in [4.78, 5) is 17.9. The normalized spacial score (nSPS) is 11.3. The van der Waals surface area contributed by atoms with Crippen molar-refractivity contribution in [2.24, 2.45) is 0 Å². The highest BCUT2D eigenvalue weighted by Gasteiger charge is 2.19. The smallest absolute Gasteiger partial charge is 0.413 e. The number of amides is 1. The van der Waals surface area contributed by atoms with Gasteiger partial charge >= 0.3 is 16.2 Å². The largest absolute Gasteiger partial charge is 0.453 e. The SMILES string of the molecule is COC(=O)Nc1nc2cc(OS(=O)(=O)c3ccc(F)c(Br)c3)ccc2[nH]1. The van der Waals surface area contributed by atoms with Crippen LogP contribution in [0.1, 0.15) is 0 Å². The van der Waals surface area contributed by atoms with Crippen molar-refractivity contribution in [2.45, 2.75) is 4.90 Å². The topological polar surface area (TPSA) is 110 Å². The first-order chi connectivity index (χ1) is 12.3. The van der Waals surface area contributed by atoms with Gasteiger partial charge in [-0.05, 0) is 46.3 Å². The second-order valence-corrected chi connectivity index (χ2v) is 7.39. The number of rotatable bonds is 4. The van der Waals surface area contributed by atoms with Gasteiger partial charge in [-0.1, -0.05) is 0 Å². The maximum Gasteiger partial charge on any atom is 0.413 e. The summed E-state index contributed by atoms with van der Waals surface area (Å²) in [7, 11) is -2.95. The standard InChI is InChI=1S/C15H11BrFN3O5S/c1-24-15(21)20-14-18-12-5-2-8(6-13(12)19-14)25-26(22,23)9-3-4-11(17)10(16)7-9/h2-7H,1H3,(H2,18,19,20,21). The number of fused-ring (bicyclic) bond motifs is 1. The van der Waals surface area contributed by atoms with Gasteiger partial charge in [-0.2, -0.15) is 8.42 Å². The zero-order chi connectivity index (χ0) is 18.9. The van der Waals surface area contributed by atoms with Crippen LogP contribution in [0, 0.1) is 5.82 Å². The van der Waals surface area contributed by atoms with Crippen LogP contribution in [0.3, 0.4) is 0 Å². The Morgan fingerprint density at radius 3 is 2.73 bits per heavy atom. The van der Waals surface area contributed by atoms with E-state index in [9.17, 15) is 17.6 Å². The number of ether oxygens (including phenoxy) is 1. The molecule has 0 aliphatic heterocycles. The lowest BCUT2D eigenvalue weighted by atomic mass is 10.3. The van der Waals surface area contributed by atoms with E-state index in [-0.39, 0.29) is 21.1 Å². The molecule has 0 unspecified atom stereocenters. The summed E-state index contributed by atoms with van der Waals surface area (Å²) in [6.45, 7) is 0. The fourth-order valence-corrected chi connectivity index (χ4v) is 3.53. The van der Waals surface area contributed by atoms with Crippen LogP contribution >= 0.6 is 15.9 Å². The highest BCUT2D eigenvalue weighted by molar-refractivity contribution is 9.10. The van der Waals surface area contributed by atoms with Crippen molar-refractivity contribution in [3.63, 3.8) is 0 Å². The Balaban J connectivity index is 1.88. The van der Waals surface area contributed by atoms with E-state index in [1.54, 1.807) is 0 Å². The third kappa shape index (κ3) is 3.78. The van der Waals surface area contributed by atoms with Crippen molar-refractivity contribution in [1.29, 1.82) is 0 Å². The average molecular weight is 444 g/mol. The average Bonchev–Trinajstić information content (AvgIpc) is 2.98. The van der Waals surface area contributed by atoms with Crippen LogP contribution in [0.25, 0.3) is 11.0 Å². The Hall–Kier alpha value is -2.66. The minimum atomic E-state index is -4.16. The summed E-state index contributed by atoms with van der Waals surface area (Å²) >= 11 is 2.93. The van der Waals surface area contributed by atoms with Crippen molar-refractivity contribution in [2.75, 3.05) is 12.4 Å². The number of aromatic nitrogens is 2. The molecule has 26 heavy (non-hydrogen) atoms. The number of anilines is 1. The van der Waals surface area contributed by atoms with Crippen LogP contribution < -0.4 is 9.50 Å². The Morgan fingerprint density at radius 1 is 1.27 bits per heavy atom. The van der Waals surface area contributed by atoms with Crippen LogP contribution in [0.15, 0.2) is 45.8 Å². The first-order valence-electron chi connectivity index (χ1n) is 7.03. The molecule has 0 bridgehead atoms. The van der Waals surface area contributed by atoms with Gasteiger partial charge in [0.05, 0.1) is 22.6 Å². The number of carbonyl (C=O) groups excluding carboxylic acids is 1. The number of halogens is 2. The minimum absolute atomic E-state index is 0.00320. The Morgan fingerprint density at radius 2 is 2.04 bits per heavy atom. The molecule has 3 aromatic rings. The van der Waals surface area contributed by atoms with Gasteiger partial charge in [0.1, 0.15) is 16.5 Å². The molecule has 2 aromatic carbocycles. The van der Waals surface area contributed by atoms with E-state index in [0.29, 0.717) is 11.0 Å². The lowest BCUT2D eigenvalue weighted by Gasteiger charge is -2.07. The van der Waals surface area contributed by atoms with Gasteiger partial charge in [0, 0.05) is 6.07 Å². The van der Waals surface area contributed by atoms with Gasteiger partial charge in [-0.3, -0.25) is 5.32 Å². The van der Waals surface area contributed by atoms with E-state index >= 15 is 0 Å². The third-order valence-corrected chi connectivity index (χ3v) is 5.10. The molecule has 0 aliphatic carbocycles. The number of aromatic amines is 1. The summed E-state index contributed by atoms with van der Waals surface area (Å²) in [6.07, 6.45) is -0.704. The number of hydrogen-bond acceptors (Lipinski definition) is 6. The summed E-state index contributed by atoms with van der Waals surface area (Å²) in [5.74, 6) is -0.448. The molecule has 1 heterocycles. The zero-order valence-corrected chi connectivity index (χ0v) is 15.5. The monoisotopic (exact) mass is 443 g/mol. The summed E-state index contributed by atoms with van der Waals surface area (Å²) in [5, 5.41) is 2.36. The number of nitrogens with one attached hydrogen (secondary N) is 2. The lowest BCUT2D eigenvalue weighted by molar-refractivity contribution is 0.186. The van der Waals surface area contributed by atoms with Gasteiger partial charge in [0.15, 0.2) is 0 Å². The van der Waals surface area contributed by atoms with Crippen LogP contribution in [0.2, 0.25) is 0 Å². The van der Waals surface area contributed by atoms with Crippen molar-refractivity contribution in [3.05, 3.63) is 46.7 Å². The maximum absolute atomic E-state index is 13.3. The molecule has 1 amide bonds. The van der Waals surface area contributed by atoms with Gasteiger partial charge < -0.3 is 13.9 Å². The maximum atomic E-state index is 13.3. The zero-order valence-electron chi connectivity index (χ0n) is 13.1. The van der Waals surface area contributed by atoms with E-state index in [2.05, 4.69) is 36.0 Å². The second-order valence-electron chi connectivity index (χ2n) is 4.99. The van der Waals surface area contributed by atoms with Crippen molar-refractivity contribution >= 4 is 49.1 Å². The number of H-pyrrole nitrogens is 1. The molecular formula is C15H11BrFN3O5S. The molecule has 0 saturated heterocycles. The number of methoxy groups -OCH3 is 1. The van der Waals surface area contributed by atoms with Crippen LogP contribution in [0.4, 0.5) is 15.1 Å². The Kier molecular flexibility index (Phi) is 4.83. The van der Waals surface area contributed by atoms with E-state index in [1.165, 1.54) is 25.3 Å². The highest BCUT2D eigenvalue weighted by Crippen LogP contribution is 2.26. The molecule has 2 N–H and O–H groups in total. The van der Waals surface area contributed by atoms with Gasteiger partial charge in [-0.15, -0.1) is 0 Å². The fourth-order valence-electron chi connectivity index (χ4n) is 2.05. The number of hydrogen-bond donors (Lipinski definition) is 2. The molecule has 0 atom stereocenters. The van der Waals surface area contributed by atoms with Crippen molar-refractivity contribution < 1.29 is 26.5 Å². The van der Waals surface area contributed by atoms with Gasteiger partial charge in [0.2, 0.25) is 5.95 Å². The van der Waals surface area contributed by atoms with E-state index in [4.69, 9.17) is 4.18 Å². The Labute approximate surface area is 155 Å². The molecule has 0 spiro atoms. The highest BCUT2D eigenvalue weighted by atomic mass is 79.9. The molecule has 136 valence electrons.